The molecule has 0 atom stereocenters. The fraction of sp³-hybridized carbons (Fsp3) is 1.00. The van der Waals surface area contributed by atoms with Crippen LogP contribution in [0.4, 0.5) is 0 Å². The first-order chi connectivity index (χ1) is 8.56. The Bertz CT molecular complexity index is 163. The Morgan fingerprint density at radius 3 is 1.22 bits per heavy atom. The molecule has 1 N–H and O–H groups in total. The minimum absolute atomic E-state index is 0.372. The summed E-state index contributed by atoms with van der Waals surface area (Å²) >= 11 is 0. The summed E-state index contributed by atoms with van der Waals surface area (Å²) in [6.07, 6.45) is 15.0. The maximum atomic E-state index is 8.66. The second kappa shape index (κ2) is 12.2. The van der Waals surface area contributed by atoms with E-state index in [1.54, 1.807) is 0 Å². The quantitative estimate of drug-likeness (QED) is 0.341. The number of rotatable bonds is 13. The lowest BCUT2D eigenvalue weighted by molar-refractivity contribution is 0.282. The van der Waals surface area contributed by atoms with Crippen molar-refractivity contribution < 1.29 is 5.11 Å². The van der Waals surface area contributed by atoms with Crippen LogP contribution in [0.2, 0.25) is 25.7 Å². The maximum Gasteiger partial charge on any atom is 0.0442 e. The van der Waals surface area contributed by atoms with Crippen LogP contribution in [0.3, 0.4) is 0 Å². The predicted molar refractivity (Wildman–Crippen MR) is 86.0 cm³/mol. The lowest BCUT2D eigenvalue weighted by Crippen LogP contribution is -2.18. The molecule has 1 nitrogen and oxygen atoms in total. The fourth-order valence-corrected chi connectivity index (χ4v) is 3.67. The molecule has 0 aromatic carbocycles. The highest BCUT2D eigenvalue weighted by Gasteiger charge is 2.11. The summed E-state index contributed by atoms with van der Waals surface area (Å²) in [5, 5.41) is 8.66. The van der Waals surface area contributed by atoms with Crippen molar-refractivity contribution in [3.8, 4) is 0 Å². The smallest absolute Gasteiger partial charge is 0.0442 e. The summed E-state index contributed by atoms with van der Waals surface area (Å²) in [6.45, 7) is 7.80. The van der Waals surface area contributed by atoms with Crippen molar-refractivity contribution in [2.45, 2.75) is 96.3 Å². The normalized spacial score (nSPS) is 12.0. The van der Waals surface area contributed by atoms with Crippen molar-refractivity contribution >= 4 is 8.07 Å². The predicted octanol–water partition coefficient (Wildman–Crippen LogP) is 5.61. The molecule has 110 valence electrons. The highest BCUT2D eigenvalue weighted by Crippen LogP contribution is 2.16. The van der Waals surface area contributed by atoms with Gasteiger partial charge < -0.3 is 5.11 Å². The molecule has 0 spiro atoms. The molecule has 0 bridgehead atoms. The van der Waals surface area contributed by atoms with E-state index in [2.05, 4.69) is 19.6 Å². The SMILES string of the molecule is C[Si](C)(C)CCCCCCCCCCCCCO. The molecule has 0 aromatic heterocycles. The van der Waals surface area contributed by atoms with Gasteiger partial charge in [-0.3, -0.25) is 0 Å². The lowest BCUT2D eigenvalue weighted by atomic mass is 10.1. The van der Waals surface area contributed by atoms with Crippen molar-refractivity contribution in [2.24, 2.45) is 0 Å². The number of hydrogen-bond donors (Lipinski definition) is 1. The van der Waals surface area contributed by atoms with Crippen LogP contribution in [-0.4, -0.2) is 19.8 Å². The van der Waals surface area contributed by atoms with Crippen molar-refractivity contribution in [1.82, 2.24) is 0 Å². The maximum absolute atomic E-state index is 8.66. The molecular formula is C16H36OSi. The molecule has 0 saturated carbocycles. The highest BCUT2D eigenvalue weighted by molar-refractivity contribution is 6.76. The van der Waals surface area contributed by atoms with Crippen LogP contribution in [0.25, 0.3) is 0 Å². The molecule has 0 saturated heterocycles. The topological polar surface area (TPSA) is 20.2 Å². The lowest BCUT2D eigenvalue weighted by Gasteiger charge is -2.14. The molecule has 2 heteroatoms. The van der Waals surface area contributed by atoms with Gasteiger partial charge in [-0.2, -0.15) is 0 Å². The molecule has 0 fully saturated rings. The van der Waals surface area contributed by atoms with E-state index in [0.717, 1.165) is 6.42 Å². The molecule has 0 aromatic rings. The van der Waals surface area contributed by atoms with Crippen LogP contribution in [0.1, 0.15) is 70.6 Å². The average Bonchev–Trinajstić information content (AvgIpc) is 2.29. The Hall–Kier alpha value is 0.177. The summed E-state index contributed by atoms with van der Waals surface area (Å²) in [6, 6.07) is 1.51. The molecule has 0 radical (unpaired) electrons. The van der Waals surface area contributed by atoms with E-state index >= 15 is 0 Å². The van der Waals surface area contributed by atoms with E-state index in [4.69, 9.17) is 5.11 Å². The first-order valence-electron chi connectivity index (χ1n) is 8.17. The largest absolute Gasteiger partial charge is 0.396 e. The van der Waals surface area contributed by atoms with Gasteiger partial charge in [0.2, 0.25) is 0 Å². The first-order valence-corrected chi connectivity index (χ1v) is 11.9. The molecule has 0 heterocycles. The van der Waals surface area contributed by atoms with Crippen LogP contribution in [-0.2, 0) is 0 Å². The molecule has 0 aliphatic carbocycles. The third kappa shape index (κ3) is 16.2. The number of hydrogen-bond acceptors (Lipinski definition) is 1. The van der Waals surface area contributed by atoms with Gasteiger partial charge in [-0.05, 0) is 6.42 Å². The number of unbranched alkanes of at least 4 members (excludes halogenated alkanes) is 10. The van der Waals surface area contributed by atoms with Gasteiger partial charge in [0.15, 0.2) is 0 Å². The summed E-state index contributed by atoms with van der Waals surface area (Å²) < 4.78 is 0. The van der Waals surface area contributed by atoms with E-state index in [-0.39, 0.29) is 0 Å². The minimum atomic E-state index is -0.772. The van der Waals surface area contributed by atoms with Gasteiger partial charge in [0, 0.05) is 14.7 Å². The van der Waals surface area contributed by atoms with Gasteiger partial charge in [-0.25, -0.2) is 0 Å². The van der Waals surface area contributed by atoms with Gasteiger partial charge in [0.25, 0.3) is 0 Å². The van der Waals surface area contributed by atoms with E-state index in [1.807, 2.05) is 0 Å². The Kier molecular flexibility index (Phi) is 12.3. The van der Waals surface area contributed by atoms with Crippen LogP contribution in [0.15, 0.2) is 0 Å². The van der Waals surface area contributed by atoms with Gasteiger partial charge in [-0.15, -0.1) is 0 Å². The van der Waals surface area contributed by atoms with E-state index in [1.165, 1.54) is 70.3 Å². The second-order valence-corrected chi connectivity index (χ2v) is 12.5. The number of aliphatic hydroxyl groups excluding tert-OH is 1. The fourth-order valence-electron chi connectivity index (χ4n) is 2.36. The van der Waals surface area contributed by atoms with E-state index in [9.17, 15) is 0 Å². The summed E-state index contributed by atoms with van der Waals surface area (Å²) in [4.78, 5) is 0. The first kappa shape index (κ1) is 18.2. The zero-order valence-electron chi connectivity index (χ0n) is 13.1. The molecule has 0 aliphatic rings. The Morgan fingerprint density at radius 2 is 0.889 bits per heavy atom. The Labute approximate surface area is 116 Å². The van der Waals surface area contributed by atoms with Crippen LogP contribution >= 0.6 is 0 Å². The molecule has 0 aliphatic heterocycles. The molecule has 18 heavy (non-hydrogen) atoms. The van der Waals surface area contributed by atoms with Crippen molar-refractivity contribution in [3.63, 3.8) is 0 Å². The van der Waals surface area contributed by atoms with Gasteiger partial charge >= 0.3 is 0 Å². The van der Waals surface area contributed by atoms with Crippen LogP contribution < -0.4 is 0 Å². The van der Waals surface area contributed by atoms with Crippen molar-refractivity contribution in [2.75, 3.05) is 6.61 Å². The van der Waals surface area contributed by atoms with Crippen molar-refractivity contribution in [1.29, 1.82) is 0 Å². The van der Waals surface area contributed by atoms with Crippen molar-refractivity contribution in [3.05, 3.63) is 0 Å². The van der Waals surface area contributed by atoms with Gasteiger partial charge in [0.05, 0.1) is 0 Å². The average molecular weight is 273 g/mol. The summed E-state index contributed by atoms with van der Waals surface area (Å²) in [7, 11) is -0.772. The standard InChI is InChI=1S/C16H36OSi/c1-18(2,3)16-14-12-10-8-6-4-5-7-9-11-13-15-17/h17H,4-16H2,1-3H3. The second-order valence-electron chi connectivity index (χ2n) is 6.92. The molecular weight excluding hydrogens is 236 g/mol. The summed E-state index contributed by atoms with van der Waals surface area (Å²) in [5.74, 6) is 0. The van der Waals surface area contributed by atoms with Gasteiger partial charge in [0.1, 0.15) is 0 Å². The summed E-state index contributed by atoms with van der Waals surface area (Å²) in [5.41, 5.74) is 0. The Balaban J connectivity index is 2.99. The van der Waals surface area contributed by atoms with Crippen LogP contribution in [0.5, 0.6) is 0 Å². The Morgan fingerprint density at radius 1 is 0.556 bits per heavy atom. The molecule has 0 rings (SSSR count). The third-order valence-corrected chi connectivity index (χ3v) is 5.44. The minimum Gasteiger partial charge on any atom is -0.396 e. The molecule has 0 unspecified atom stereocenters. The van der Waals surface area contributed by atoms with E-state index in [0.29, 0.717) is 6.61 Å². The zero-order valence-corrected chi connectivity index (χ0v) is 14.1. The number of aliphatic hydroxyl groups is 1. The molecule has 0 amide bonds. The van der Waals surface area contributed by atoms with Gasteiger partial charge in [-0.1, -0.05) is 89.9 Å². The monoisotopic (exact) mass is 272 g/mol. The van der Waals surface area contributed by atoms with Crippen LogP contribution in [0, 0.1) is 0 Å². The third-order valence-electron chi connectivity index (χ3n) is 3.58. The zero-order chi connectivity index (χ0) is 13.7. The highest BCUT2D eigenvalue weighted by atomic mass is 28.3. The van der Waals surface area contributed by atoms with E-state index < -0.39 is 8.07 Å².